The second kappa shape index (κ2) is 3.97. The van der Waals surface area contributed by atoms with Gasteiger partial charge < -0.3 is 5.11 Å². The molecule has 2 unspecified atom stereocenters. The first-order chi connectivity index (χ1) is 7.09. The predicted octanol–water partition coefficient (Wildman–Crippen LogP) is 2.88. The van der Waals surface area contributed by atoms with Crippen LogP contribution in [0.2, 0.25) is 0 Å². The molecule has 0 heterocycles. The normalized spacial score (nSPS) is 21.1. The molecule has 3 heteroatoms. The lowest BCUT2D eigenvalue weighted by Gasteiger charge is -2.13. The van der Waals surface area contributed by atoms with Gasteiger partial charge in [0.2, 0.25) is 0 Å². The minimum atomic E-state index is -0.691. The Hall–Kier alpha value is -0.830. The lowest BCUT2D eigenvalue weighted by Crippen LogP contribution is -2.20. The van der Waals surface area contributed by atoms with E-state index in [1.54, 1.807) is 6.92 Å². The zero-order valence-corrected chi connectivity index (χ0v) is 10.1. The van der Waals surface area contributed by atoms with Gasteiger partial charge in [0.15, 0.2) is 0 Å². The molecule has 1 N–H and O–H groups in total. The molecule has 1 aromatic carbocycles. The first-order valence-corrected chi connectivity index (χ1v) is 5.88. The smallest absolute Gasteiger partial charge is 0.306 e. The van der Waals surface area contributed by atoms with E-state index in [9.17, 15) is 4.79 Å². The van der Waals surface area contributed by atoms with Crippen LogP contribution >= 0.6 is 15.9 Å². The molecule has 0 aliphatic heterocycles. The van der Waals surface area contributed by atoms with E-state index in [0.717, 1.165) is 17.3 Å². The Morgan fingerprint density at radius 2 is 2.27 bits per heavy atom. The number of rotatable bonds is 2. The van der Waals surface area contributed by atoms with Crippen molar-refractivity contribution in [1.29, 1.82) is 0 Å². The fraction of sp³-hybridized carbons (Fsp3) is 0.417. The highest BCUT2D eigenvalue weighted by Crippen LogP contribution is 2.35. The second-order valence-electron chi connectivity index (χ2n) is 4.17. The average Bonchev–Trinajstić information content (AvgIpc) is 2.61. The van der Waals surface area contributed by atoms with Crippen LogP contribution in [0, 0.1) is 11.8 Å². The van der Waals surface area contributed by atoms with E-state index in [1.165, 1.54) is 11.1 Å². The van der Waals surface area contributed by atoms with Crippen molar-refractivity contribution in [3.05, 3.63) is 33.8 Å². The van der Waals surface area contributed by atoms with Gasteiger partial charge >= 0.3 is 5.97 Å². The minimum Gasteiger partial charge on any atom is -0.481 e. The van der Waals surface area contributed by atoms with Gasteiger partial charge in [0.1, 0.15) is 0 Å². The molecule has 0 fully saturated rings. The fourth-order valence-electron chi connectivity index (χ4n) is 2.20. The van der Waals surface area contributed by atoms with Crippen molar-refractivity contribution in [2.75, 3.05) is 0 Å². The number of benzene rings is 1. The largest absolute Gasteiger partial charge is 0.481 e. The highest BCUT2D eigenvalue weighted by atomic mass is 79.9. The number of carboxylic acid groups (broad SMARTS) is 1. The summed E-state index contributed by atoms with van der Waals surface area (Å²) in [5.41, 5.74) is 2.58. The number of carboxylic acids is 1. The molecule has 0 aromatic heterocycles. The molecule has 0 saturated carbocycles. The molecule has 2 rings (SSSR count). The topological polar surface area (TPSA) is 37.3 Å². The third-order valence-electron chi connectivity index (χ3n) is 3.26. The summed E-state index contributed by atoms with van der Waals surface area (Å²) >= 11 is 3.51. The molecule has 1 aliphatic carbocycles. The van der Waals surface area contributed by atoms with E-state index < -0.39 is 5.97 Å². The monoisotopic (exact) mass is 268 g/mol. The Morgan fingerprint density at radius 1 is 1.53 bits per heavy atom. The zero-order chi connectivity index (χ0) is 11.0. The van der Waals surface area contributed by atoms with E-state index in [1.807, 2.05) is 12.1 Å². The summed E-state index contributed by atoms with van der Waals surface area (Å²) in [5.74, 6) is -0.704. The molecule has 2 nitrogen and oxygen atoms in total. The summed E-state index contributed by atoms with van der Waals surface area (Å²) in [5, 5.41) is 8.98. The summed E-state index contributed by atoms with van der Waals surface area (Å²) < 4.78 is 1.11. The molecule has 0 amide bonds. The van der Waals surface area contributed by atoms with Gasteiger partial charge in [-0.1, -0.05) is 35.0 Å². The van der Waals surface area contributed by atoms with Crippen LogP contribution in [0.3, 0.4) is 0 Å². The quantitative estimate of drug-likeness (QED) is 0.896. The lowest BCUT2D eigenvalue weighted by atomic mass is 9.91. The molecule has 1 aromatic rings. The van der Waals surface area contributed by atoms with E-state index >= 15 is 0 Å². The fourth-order valence-corrected chi connectivity index (χ4v) is 2.76. The van der Waals surface area contributed by atoms with Gasteiger partial charge in [-0.05, 0) is 36.0 Å². The Labute approximate surface area is 97.4 Å². The summed E-state index contributed by atoms with van der Waals surface area (Å²) in [6.45, 7) is 1.80. The Morgan fingerprint density at radius 3 is 2.87 bits per heavy atom. The number of halogens is 1. The molecular formula is C12H13BrO2. The first-order valence-electron chi connectivity index (χ1n) is 5.08. The van der Waals surface area contributed by atoms with Crippen molar-refractivity contribution in [1.82, 2.24) is 0 Å². The standard InChI is InChI=1S/C12H13BrO2/c1-7(12(14)15)9-5-8-3-2-4-11(13)10(8)6-9/h2-4,7,9H,5-6H2,1H3,(H,14,15). The van der Waals surface area contributed by atoms with Crippen molar-refractivity contribution >= 4 is 21.9 Å². The summed E-state index contributed by atoms with van der Waals surface area (Å²) in [6, 6.07) is 6.12. The van der Waals surface area contributed by atoms with Crippen molar-refractivity contribution in [3.63, 3.8) is 0 Å². The first kappa shape index (κ1) is 10.7. The van der Waals surface area contributed by atoms with Gasteiger partial charge in [-0.15, -0.1) is 0 Å². The van der Waals surface area contributed by atoms with Gasteiger partial charge in [-0.25, -0.2) is 0 Å². The maximum atomic E-state index is 10.9. The maximum absolute atomic E-state index is 10.9. The molecule has 0 spiro atoms. The molecule has 0 saturated heterocycles. The van der Waals surface area contributed by atoms with E-state index in [2.05, 4.69) is 22.0 Å². The third-order valence-corrected chi connectivity index (χ3v) is 4.00. The highest BCUT2D eigenvalue weighted by Gasteiger charge is 2.30. The Kier molecular flexibility index (Phi) is 2.83. The van der Waals surface area contributed by atoms with Crippen molar-refractivity contribution in [2.24, 2.45) is 11.8 Å². The maximum Gasteiger partial charge on any atom is 0.306 e. The molecule has 2 atom stereocenters. The van der Waals surface area contributed by atoms with Crippen molar-refractivity contribution < 1.29 is 9.90 Å². The van der Waals surface area contributed by atoms with Crippen LogP contribution in [0.15, 0.2) is 22.7 Å². The van der Waals surface area contributed by atoms with E-state index in [4.69, 9.17) is 5.11 Å². The zero-order valence-electron chi connectivity index (χ0n) is 8.53. The van der Waals surface area contributed by atoms with Crippen LogP contribution < -0.4 is 0 Å². The lowest BCUT2D eigenvalue weighted by molar-refractivity contribution is -0.142. The number of hydrogen-bond acceptors (Lipinski definition) is 1. The van der Waals surface area contributed by atoms with Crippen LogP contribution in [0.5, 0.6) is 0 Å². The molecule has 0 radical (unpaired) electrons. The summed E-state index contributed by atoms with van der Waals surface area (Å²) in [6.07, 6.45) is 1.77. The van der Waals surface area contributed by atoms with Gasteiger partial charge in [0.05, 0.1) is 5.92 Å². The van der Waals surface area contributed by atoms with E-state index in [-0.39, 0.29) is 11.8 Å². The van der Waals surface area contributed by atoms with Crippen LogP contribution in [-0.2, 0) is 17.6 Å². The SMILES string of the molecule is CC(C(=O)O)C1Cc2cccc(Br)c2C1. The highest BCUT2D eigenvalue weighted by molar-refractivity contribution is 9.10. The Bertz CT molecular complexity index is 401. The third kappa shape index (κ3) is 1.93. The average molecular weight is 269 g/mol. The van der Waals surface area contributed by atoms with Gasteiger partial charge in [0, 0.05) is 4.47 Å². The van der Waals surface area contributed by atoms with Crippen LogP contribution in [-0.4, -0.2) is 11.1 Å². The van der Waals surface area contributed by atoms with Crippen molar-refractivity contribution in [3.8, 4) is 0 Å². The van der Waals surface area contributed by atoms with Crippen LogP contribution in [0.4, 0.5) is 0 Å². The van der Waals surface area contributed by atoms with Gasteiger partial charge in [-0.2, -0.15) is 0 Å². The number of carbonyl (C=O) groups is 1. The number of hydrogen-bond donors (Lipinski definition) is 1. The number of aliphatic carboxylic acids is 1. The predicted molar refractivity (Wildman–Crippen MR) is 61.8 cm³/mol. The van der Waals surface area contributed by atoms with Crippen LogP contribution in [0.25, 0.3) is 0 Å². The van der Waals surface area contributed by atoms with Gasteiger partial charge in [-0.3, -0.25) is 4.79 Å². The number of fused-ring (bicyclic) bond motifs is 1. The second-order valence-corrected chi connectivity index (χ2v) is 5.03. The summed E-state index contributed by atoms with van der Waals surface area (Å²) in [4.78, 5) is 10.9. The molecule has 1 aliphatic rings. The molecular weight excluding hydrogens is 256 g/mol. The van der Waals surface area contributed by atoms with E-state index in [0.29, 0.717) is 0 Å². The van der Waals surface area contributed by atoms with Crippen molar-refractivity contribution in [2.45, 2.75) is 19.8 Å². The molecule has 0 bridgehead atoms. The Balaban J connectivity index is 2.23. The molecule has 80 valence electrons. The van der Waals surface area contributed by atoms with Gasteiger partial charge in [0.25, 0.3) is 0 Å². The van der Waals surface area contributed by atoms with Crippen LogP contribution in [0.1, 0.15) is 18.1 Å². The summed E-state index contributed by atoms with van der Waals surface area (Å²) in [7, 11) is 0. The molecule has 15 heavy (non-hydrogen) atoms. The minimum absolute atomic E-state index is 0.246.